The first-order valence-corrected chi connectivity index (χ1v) is 9.54. The van der Waals surface area contributed by atoms with Gasteiger partial charge < -0.3 is 9.84 Å². The molecule has 0 heterocycles. The SMILES string of the molecule is O=C(N/N=C/c1cc(Cl)ccc1OCc1cccc(Cl)c1)c1cc(Cl)ccc1O. The molecule has 0 aliphatic carbocycles. The molecule has 29 heavy (non-hydrogen) atoms. The highest BCUT2D eigenvalue weighted by atomic mass is 35.5. The molecule has 0 bridgehead atoms. The normalized spacial score (nSPS) is 10.9. The lowest BCUT2D eigenvalue weighted by Gasteiger charge is -2.10. The zero-order chi connectivity index (χ0) is 20.8. The molecular weight excluding hydrogens is 435 g/mol. The fraction of sp³-hybridized carbons (Fsp3) is 0.0476. The molecule has 0 radical (unpaired) electrons. The van der Waals surface area contributed by atoms with Gasteiger partial charge in [0.2, 0.25) is 0 Å². The van der Waals surface area contributed by atoms with E-state index in [-0.39, 0.29) is 11.3 Å². The van der Waals surface area contributed by atoms with E-state index < -0.39 is 5.91 Å². The van der Waals surface area contributed by atoms with Crippen LogP contribution < -0.4 is 10.2 Å². The summed E-state index contributed by atoms with van der Waals surface area (Å²) in [5.74, 6) is -0.280. The van der Waals surface area contributed by atoms with Crippen molar-refractivity contribution in [1.82, 2.24) is 5.43 Å². The van der Waals surface area contributed by atoms with E-state index in [0.717, 1.165) is 5.56 Å². The van der Waals surface area contributed by atoms with Crippen molar-refractivity contribution in [3.63, 3.8) is 0 Å². The lowest BCUT2D eigenvalue weighted by Crippen LogP contribution is -2.17. The van der Waals surface area contributed by atoms with Crippen molar-refractivity contribution in [2.75, 3.05) is 0 Å². The van der Waals surface area contributed by atoms with Gasteiger partial charge in [-0.2, -0.15) is 5.10 Å². The maximum absolute atomic E-state index is 12.2. The van der Waals surface area contributed by atoms with Gasteiger partial charge in [-0.3, -0.25) is 4.79 Å². The average molecular weight is 450 g/mol. The molecular formula is C21H15Cl3N2O3. The molecule has 0 aliphatic rings. The molecule has 0 unspecified atom stereocenters. The van der Waals surface area contributed by atoms with Gasteiger partial charge in [-0.25, -0.2) is 5.43 Å². The van der Waals surface area contributed by atoms with Gasteiger partial charge in [-0.15, -0.1) is 0 Å². The van der Waals surface area contributed by atoms with Crippen LogP contribution in [0.3, 0.4) is 0 Å². The second kappa shape index (κ2) is 9.65. The van der Waals surface area contributed by atoms with E-state index in [1.807, 2.05) is 18.2 Å². The lowest BCUT2D eigenvalue weighted by molar-refractivity contribution is 0.0952. The number of hydrazone groups is 1. The van der Waals surface area contributed by atoms with E-state index in [4.69, 9.17) is 39.5 Å². The van der Waals surface area contributed by atoms with Crippen LogP contribution in [0.15, 0.2) is 65.8 Å². The Hall–Kier alpha value is -2.73. The second-order valence-electron chi connectivity index (χ2n) is 5.96. The molecule has 0 aliphatic heterocycles. The molecule has 0 fully saturated rings. The van der Waals surface area contributed by atoms with Crippen molar-refractivity contribution >= 4 is 46.9 Å². The second-order valence-corrected chi connectivity index (χ2v) is 7.27. The number of amides is 1. The van der Waals surface area contributed by atoms with Crippen molar-refractivity contribution in [2.24, 2.45) is 5.10 Å². The minimum atomic E-state index is -0.607. The zero-order valence-electron chi connectivity index (χ0n) is 14.9. The molecule has 2 N–H and O–H groups in total. The molecule has 3 aromatic carbocycles. The number of halogens is 3. The first-order valence-electron chi connectivity index (χ1n) is 8.41. The summed E-state index contributed by atoms with van der Waals surface area (Å²) in [5.41, 5.74) is 3.82. The van der Waals surface area contributed by atoms with Gasteiger partial charge in [0.15, 0.2) is 0 Å². The largest absolute Gasteiger partial charge is 0.507 e. The number of aromatic hydroxyl groups is 1. The van der Waals surface area contributed by atoms with Gasteiger partial charge in [-0.05, 0) is 54.1 Å². The molecule has 0 spiro atoms. The van der Waals surface area contributed by atoms with E-state index in [1.54, 1.807) is 24.3 Å². The van der Waals surface area contributed by atoms with E-state index in [0.29, 0.717) is 33.0 Å². The molecule has 0 saturated carbocycles. The number of benzene rings is 3. The Kier molecular flexibility index (Phi) is 6.99. The Morgan fingerprint density at radius 3 is 2.52 bits per heavy atom. The predicted molar refractivity (Wildman–Crippen MR) is 115 cm³/mol. The third-order valence-corrected chi connectivity index (χ3v) is 4.53. The summed E-state index contributed by atoms with van der Waals surface area (Å²) >= 11 is 17.9. The number of phenolic OH excluding ortho intramolecular Hbond substituents is 1. The summed E-state index contributed by atoms with van der Waals surface area (Å²) < 4.78 is 5.83. The number of nitrogens with zero attached hydrogens (tertiary/aromatic N) is 1. The van der Waals surface area contributed by atoms with Gasteiger partial charge in [-0.1, -0.05) is 46.9 Å². The van der Waals surface area contributed by atoms with Crippen molar-refractivity contribution in [3.8, 4) is 11.5 Å². The summed E-state index contributed by atoms with van der Waals surface area (Å²) in [4.78, 5) is 12.2. The minimum absolute atomic E-state index is 0.0122. The number of carbonyl (C=O) groups is 1. The Bertz CT molecular complexity index is 1070. The average Bonchev–Trinajstić information content (AvgIpc) is 2.69. The molecule has 1 amide bonds. The van der Waals surface area contributed by atoms with Crippen LogP contribution >= 0.6 is 34.8 Å². The third-order valence-electron chi connectivity index (χ3n) is 3.83. The minimum Gasteiger partial charge on any atom is -0.507 e. The molecule has 0 aromatic heterocycles. The van der Waals surface area contributed by atoms with E-state index >= 15 is 0 Å². The zero-order valence-corrected chi connectivity index (χ0v) is 17.2. The Labute approximate surface area is 182 Å². The summed E-state index contributed by atoms with van der Waals surface area (Å²) in [5, 5.41) is 15.1. The van der Waals surface area contributed by atoms with Crippen LogP contribution in [0.25, 0.3) is 0 Å². The predicted octanol–water partition coefficient (Wildman–Crippen LogP) is 5.70. The van der Waals surface area contributed by atoms with Gasteiger partial charge in [0, 0.05) is 20.6 Å². The Morgan fingerprint density at radius 1 is 1.00 bits per heavy atom. The maximum atomic E-state index is 12.2. The number of rotatable bonds is 6. The Balaban J connectivity index is 1.72. The van der Waals surface area contributed by atoms with Crippen LogP contribution in [0.2, 0.25) is 15.1 Å². The van der Waals surface area contributed by atoms with E-state index in [1.165, 1.54) is 24.4 Å². The number of phenols is 1. The molecule has 148 valence electrons. The van der Waals surface area contributed by atoms with Crippen molar-refractivity contribution in [1.29, 1.82) is 0 Å². The lowest BCUT2D eigenvalue weighted by atomic mass is 10.2. The van der Waals surface area contributed by atoms with Crippen LogP contribution in [-0.4, -0.2) is 17.2 Å². The number of carbonyl (C=O) groups excluding carboxylic acids is 1. The van der Waals surface area contributed by atoms with Crippen LogP contribution in [0.4, 0.5) is 0 Å². The molecule has 5 nitrogen and oxygen atoms in total. The first-order chi connectivity index (χ1) is 13.9. The molecule has 3 aromatic rings. The van der Waals surface area contributed by atoms with Crippen LogP contribution in [0.5, 0.6) is 11.5 Å². The summed E-state index contributed by atoms with van der Waals surface area (Å²) in [7, 11) is 0. The van der Waals surface area contributed by atoms with E-state index in [9.17, 15) is 9.90 Å². The summed E-state index contributed by atoms with van der Waals surface area (Å²) in [6.07, 6.45) is 1.40. The third kappa shape index (κ3) is 5.87. The molecule has 3 rings (SSSR count). The fourth-order valence-corrected chi connectivity index (χ4v) is 3.02. The number of hydrogen-bond acceptors (Lipinski definition) is 4. The summed E-state index contributed by atoms with van der Waals surface area (Å²) in [6, 6.07) is 16.5. The van der Waals surface area contributed by atoms with E-state index in [2.05, 4.69) is 10.5 Å². The maximum Gasteiger partial charge on any atom is 0.275 e. The molecule has 0 atom stereocenters. The van der Waals surface area contributed by atoms with Crippen molar-refractivity contribution in [2.45, 2.75) is 6.61 Å². The van der Waals surface area contributed by atoms with Crippen molar-refractivity contribution in [3.05, 3.63) is 92.4 Å². The van der Waals surface area contributed by atoms with Crippen LogP contribution in [0, 0.1) is 0 Å². The van der Waals surface area contributed by atoms with Crippen molar-refractivity contribution < 1.29 is 14.6 Å². The first kappa shape index (κ1) is 21.0. The van der Waals surface area contributed by atoms with Gasteiger partial charge in [0.1, 0.15) is 18.1 Å². The highest BCUT2D eigenvalue weighted by Crippen LogP contribution is 2.24. The van der Waals surface area contributed by atoms with Gasteiger partial charge >= 0.3 is 0 Å². The molecule has 0 saturated heterocycles. The fourth-order valence-electron chi connectivity index (χ4n) is 2.45. The van der Waals surface area contributed by atoms with Crippen LogP contribution in [0.1, 0.15) is 21.5 Å². The van der Waals surface area contributed by atoms with Crippen LogP contribution in [-0.2, 0) is 6.61 Å². The number of hydrogen-bond donors (Lipinski definition) is 2. The summed E-state index contributed by atoms with van der Waals surface area (Å²) in [6.45, 7) is 0.297. The standard InChI is InChI=1S/C21H15Cl3N2O3/c22-15-3-1-2-13(8-15)12-29-20-7-5-16(23)9-14(20)11-25-26-21(28)18-10-17(24)4-6-19(18)27/h1-11,27H,12H2,(H,26,28)/b25-11+. The number of nitrogens with one attached hydrogen (secondary N) is 1. The quantitative estimate of drug-likeness (QED) is 0.375. The smallest absolute Gasteiger partial charge is 0.275 e. The topological polar surface area (TPSA) is 70.9 Å². The van der Waals surface area contributed by atoms with Gasteiger partial charge in [0.25, 0.3) is 5.91 Å². The highest BCUT2D eigenvalue weighted by molar-refractivity contribution is 6.31. The highest BCUT2D eigenvalue weighted by Gasteiger charge is 2.11. The monoisotopic (exact) mass is 448 g/mol. The van der Waals surface area contributed by atoms with Gasteiger partial charge in [0.05, 0.1) is 11.8 Å². The Morgan fingerprint density at radius 2 is 1.72 bits per heavy atom. The molecule has 8 heteroatoms. The number of ether oxygens (including phenoxy) is 1.